The lowest BCUT2D eigenvalue weighted by molar-refractivity contribution is -0.137. The maximum atomic E-state index is 13.8. The molecule has 2 aromatic heterocycles. The number of aliphatic carboxylic acids is 1. The number of carbonyl (C=O) groups is 1. The molecule has 1 unspecified atom stereocenters. The minimum atomic E-state index is -0.953. The Kier molecular flexibility index (Phi) is 7.13. The first-order chi connectivity index (χ1) is 18.4. The molecule has 2 heterocycles. The maximum absolute atomic E-state index is 13.8. The molecule has 0 fully saturated rings. The third-order valence-electron chi connectivity index (χ3n) is 6.67. The molecule has 1 atom stereocenters. The monoisotopic (exact) mass is 511 g/mol. The highest BCUT2D eigenvalue weighted by Gasteiger charge is 2.20. The number of H-pyrrole nitrogens is 2. The van der Waals surface area contributed by atoms with Gasteiger partial charge in [-0.25, -0.2) is 14.2 Å². The van der Waals surface area contributed by atoms with Gasteiger partial charge >= 0.3 is 5.97 Å². The molecule has 0 amide bonds. The highest BCUT2D eigenvalue weighted by molar-refractivity contribution is 5.79. The fourth-order valence-corrected chi connectivity index (χ4v) is 4.66. The SMILES string of the molecule is CCc1cc(F)cc(C)c1NC(Cc1ccc(-c2ccc(CNc3nc4ccccc4[nH]3)[nH]2)cc1)C(=O)O. The van der Waals surface area contributed by atoms with Gasteiger partial charge in [-0.2, -0.15) is 0 Å². The Bertz CT molecular complexity index is 1540. The van der Waals surface area contributed by atoms with E-state index in [2.05, 4.69) is 25.6 Å². The van der Waals surface area contributed by atoms with Crippen molar-refractivity contribution in [1.82, 2.24) is 15.0 Å². The largest absolute Gasteiger partial charge is 0.480 e. The zero-order valence-corrected chi connectivity index (χ0v) is 21.3. The van der Waals surface area contributed by atoms with Crippen molar-refractivity contribution in [3.05, 3.63) is 101 Å². The van der Waals surface area contributed by atoms with E-state index < -0.39 is 12.0 Å². The number of nitrogens with one attached hydrogen (secondary N) is 4. The van der Waals surface area contributed by atoms with Crippen LogP contribution in [0.4, 0.5) is 16.0 Å². The molecular formula is C30H30FN5O2. The summed E-state index contributed by atoms with van der Waals surface area (Å²) in [5.74, 6) is -0.550. The number of benzene rings is 3. The number of carboxylic acids is 1. The van der Waals surface area contributed by atoms with Crippen molar-refractivity contribution < 1.29 is 14.3 Å². The smallest absolute Gasteiger partial charge is 0.326 e. The Balaban J connectivity index is 1.24. The van der Waals surface area contributed by atoms with E-state index in [0.29, 0.717) is 30.6 Å². The molecule has 0 spiro atoms. The first-order valence-corrected chi connectivity index (χ1v) is 12.6. The lowest BCUT2D eigenvalue weighted by atomic mass is 10.0. The molecule has 0 radical (unpaired) electrons. The molecule has 5 N–H and O–H groups in total. The molecule has 5 rings (SSSR count). The van der Waals surface area contributed by atoms with Gasteiger partial charge in [0.05, 0.1) is 17.6 Å². The first-order valence-electron chi connectivity index (χ1n) is 12.6. The van der Waals surface area contributed by atoms with E-state index >= 15 is 0 Å². The van der Waals surface area contributed by atoms with Crippen molar-refractivity contribution in [2.45, 2.75) is 39.3 Å². The van der Waals surface area contributed by atoms with E-state index in [9.17, 15) is 14.3 Å². The maximum Gasteiger partial charge on any atom is 0.326 e. The van der Waals surface area contributed by atoms with Gasteiger partial charge in [-0.05, 0) is 72.0 Å². The Labute approximate surface area is 220 Å². The molecule has 0 saturated heterocycles. The van der Waals surface area contributed by atoms with E-state index in [1.165, 1.54) is 12.1 Å². The zero-order valence-electron chi connectivity index (χ0n) is 21.3. The Hall–Kier alpha value is -4.59. The Morgan fingerprint density at radius 1 is 1.05 bits per heavy atom. The van der Waals surface area contributed by atoms with E-state index in [4.69, 9.17) is 0 Å². The number of rotatable bonds is 10. The Morgan fingerprint density at radius 3 is 2.58 bits per heavy atom. The number of hydrogen-bond acceptors (Lipinski definition) is 4. The third kappa shape index (κ3) is 5.54. The normalized spacial score (nSPS) is 12.0. The van der Waals surface area contributed by atoms with Crippen LogP contribution in [-0.4, -0.2) is 32.1 Å². The Morgan fingerprint density at radius 2 is 1.84 bits per heavy atom. The number of anilines is 2. The van der Waals surface area contributed by atoms with Crippen molar-refractivity contribution in [2.24, 2.45) is 0 Å². The van der Waals surface area contributed by atoms with E-state index in [-0.39, 0.29) is 5.82 Å². The lowest BCUT2D eigenvalue weighted by Crippen LogP contribution is -2.32. The number of hydrogen-bond donors (Lipinski definition) is 5. The molecule has 0 aliphatic carbocycles. The van der Waals surface area contributed by atoms with Crippen molar-refractivity contribution in [2.75, 3.05) is 10.6 Å². The van der Waals surface area contributed by atoms with Crippen LogP contribution in [0.2, 0.25) is 0 Å². The number of aromatic amines is 2. The van der Waals surface area contributed by atoms with Crippen LogP contribution < -0.4 is 10.6 Å². The van der Waals surface area contributed by atoms with Gasteiger partial charge in [0.1, 0.15) is 11.9 Å². The molecule has 194 valence electrons. The summed E-state index contributed by atoms with van der Waals surface area (Å²) in [5.41, 5.74) is 7.94. The second kappa shape index (κ2) is 10.8. The molecule has 38 heavy (non-hydrogen) atoms. The second-order valence-corrected chi connectivity index (χ2v) is 9.40. The van der Waals surface area contributed by atoms with Crippen LogP contribution in [0.25, 0.3) is 22.3 Å². The highest BCUT2D eigenvalue weighted by atomic mass is 19.1. The van der Waals surface area contributed by atoms with Gasteiger partial charge < -0.3 is 25.7 Å². The van der Waals surface area contributed by atoms with Crippen molar-refractivity contribution in [3.63, 3.8) is 0 Å². The topological polar surface area (TPSA) is 106 Å². The summed E-state index contributed by atoms with van der Waals surface area (Å²) >= 11 is 0. The molecule has 0 bridgehead atoms. The number of fused-ring (bicyclic) bond motifs is 1. The van der Waals surface area contributed by atoms with Crippen molar-refractivity contribution >= 4 is 28.6 Å². The predicted octanol–water partition coefficient (Wildman–Crippen LogP) is 6.29. The quantitative estimate of drug-likeness (QED) is 0.152. The van der Waals surface area contributed by atoms with Crippen LogP contribution in [-0.2, 0) is 24.2 Å². The average Bonchev–Trinajstić information content (AvgIpc) is 3.55. The van der Waals surface area contributed by atoms with Gasteiger partial charge in [0.25, 0.3) is 0 Å². The van der Waals surface area contributed by atoms with Crippen LogP contribution in [0.15, 0.2) is 72.8 Å². The predicted molar refractivity (Wildman–Crippen MR) is 149 cm³/mol. The molecular weight excluding hydrogens is 481 g/mol. The van der Waals surface area contributed by atoms with Gasteiger partial charge in [-0.1, -0.05) is 43.3 Å². The number of aryl methyl sites for hydroxylation is 2. The number of imidazole rings is 1. The molecule has 0 saturated carbocycles. The summed E-state index contributed by atoms with van der Waals surface area (Å²) in [6, 6.07) is 21.8. The number of halogens is 1. The third-order valence-corrected chi connectivity index (χ3v) is 6.67. The van der Waals surface area contributed by atoms with Crippen LogP contribution in [0.1, 0.15) is 29.3 Å². The van der Waals surface area contributed by atoms with Crippen molar-refractivity contribution in [3.8, 4) is 11.3 Å². The lowest BCUT2D eigenvalue weighted by Gasteiger charge is -2.20. The van der Waals surface area contributed by atoms with E-state index in [0.717, 1.165) is 45.1 Å². The fourth-order valence-electron chi connectivity index (χ4n) is 4.66. The van der Waals surface area contributed by atoms with E-state index in [1.54, 1.807) is 6.92 Å². The summed E-state index contributed by atoms with van der Waals surface area (Å²) in [5, 5.41) is 16.3. The minimum absolute atomic E-state index is 0.299. The van der Waals surface area contributed by atoms with Gasteiger partial charge in [-0.15, -0.1) is 0 Å². The van der Waals surface area contributed by atoms with Gasteiger partial charge in [-0.3, -0.25) is 0 Å². The van der Waals surface area contributed by atoms with Crippen LogP contribution in [0, 0.1) is 12.7 Å². The van der Waals surface area contributed by atoms with Gasteiger partial charge in [0, 0.05) is 23.5 Å². The zero-order chi connectivity index (χ0) is 26.6. The minimum Gasteiger partial charge on any atom is -0.480 e. The molecule has 5 aromatic rings. The summed E-state index contributed by atoms with van der Waals surface area (Å²) in [7, 11) is 0. The second-order valence-electron chi connectivity index (χ2n) is 9.40. The van der Waals surface area contributed by atoms with E-state index in [1.807, 2.05) is 67.6 Å². The molecule has 3 aromatic carbocycles. The summed E-state index contributed by atoms with van der Waals surface area (Å²) in [6.07, 6.45) is 0.904. The van der Waals surface area contributed by atoms with Gasteiger partial charge in [0.2, 0.25) is 5.95 Å². The first kappa shape index (κ1) is 25.1. The standard InChI is InChI=1S/C30H30FN5O2/c1-3-20-16-22(31)14-18(2)28(20)34-27(29(37)38)15-19-8-10-21(11-9-19)24-13-12-23(33-24)17-32-30-35-25-6-4-5-7-26(25)36-30/h4-14,16,27,33-34H,3,15,17H2,1-2H3,(H,37,38)(H2,32,35,36). The van der Waals surface area contributed by atoms with Crippen molar-refractivity contribution in [1.29, 1.82) is 0 Å². The van der Waals surface area contributed by atoms with Crippen LogP contribution in [0.3, 0.4) is 0 Å². The summed E-state index contributed by atoms with van der Waals surface area (Å²) in [6.45, 7) is 4.30. The molecule has 0 aliphatic heterocycles. The fraction of sp³-hybridized carbons (Fsp3) is 0.200. The summed E-state index contributed by atoms with van der Waals surface area (Å²) < 4.78 is 13.8. The highest BCUT2D eigenvalue weighted by Crippen LogP contribution is 2.25. The number of carboxylic acid groups (broad SMARTS) is 1. The molecule has 8 heteroatoms. The summed E-state index contributed by atoms with van der Waals surface area (Å²) in [4.78, 5) is 23.3. The van der Waals surface area contributed by atoms with Crippen LogP contribution >= 0.6 is 0 Å². The number of para-hydroxylation sites is 2. The number of aromatic nitrogens is 3. The molecule has 0 aliphatic rings. The van der Waals surface area contributed by atoms with Crippen LogP contribution in [0.5, 0.6) is 0 Å². The van der Waals surface area contributed by atoms with Gasteiger partial charge in [0.15, 0.2) is 0 Å². The molecule has 7 nitrogen and oxygen atoms in total. The number of nitrogens with zero attached hydrogens (tertiary/aromatic N) is 1. The average molecular weight is 512 g/mol.